The predicted molar refractivity (Wildman–Crippen MR) is 129 cm³/mol. The van der Waals surface area contributed by atoms with E-state index in [0.717, 1.165) is 17.0 Å². The topological polar surface area (TPSA) is 9.23 Å². The zero-order chi connectivity index (χ0) is 26.3. The number of benzene rings is 3. The summed E-state index contributed by atoms with van der Waals surface area (Å²) in [4.78, 5) is 0. The fourth-order valence-corrected chi connectivity index (χ4v) is 4.80. The van der Waals surface area contributed by atoms with Crippen molar-refractivity contribution in [3.05, 3.63) is 89.2 Å². The van der Waals surface area contributed by atoms with E-state index in [4.69, 9.17) is 0 Å². The molecule has 7 heteroatoms. The summed E-state index contributed by atoms with van der Waals surface area (Å²) in [5, 5.41) is 0. The Hall–Kier alpha value is -2.96. The largest absolute Gasteiger partial charge is 0.429 e. The third kappa shape index (κ3) is 6.62. The van der Waals surface area contributed by atoms with Gasteiger partial charge in [0.2, 0.25) is 0 Å². The Morgan fingerprint density at radius 3 is 1.78 bits per heavy atom. The Balaban J connectivity index is 0.00000176. The lowest BCUT2D eigenvalue weighted by Crippen LogP contribution is -2.22. The maximum atomic E-state index is 14.5. The number of halogens is 6. The smallest absolute Gasteiger partial charge is 0.426 e. The zero-order valence-corrected chi connectivity index (χ0v) is 20.3. The van der Waals surface area contributed by atoms with E-state index in [1.807, 2.05) is 12.1 Å². The minimum Gasteiger partial charge on any atom is -0.429 e. The number of hydrogen-bond acceptors (Lipinski definition) is 1. The molecule has 0 atom stereocenters. The van der Waals surface area contributed by atoms with Crippen molar-refractivity contribution in [3.63, 3.8) is 0 Å². The van der Waals surface area contributed by atoms with E-state index >= 15 is 0 Å². The minimum atomic E-state index is -3.85. The van der Waals surface area contributed by atoms with Crippen LogP contribution >= 0.6 is 0 Å². The van der Waals surface area contributed by atoms with Gasteiger partial charge in [0, 0.05) is 12.1 Å². The van der Waals surface area contributed by atoms with Gasteiger partial charge in [0.15, 0.2) is 17.5 Å². The summed E-state index contributed by atoms with van der Waals surface area (Å²) in [6.45, 7) is 2.24. The molecule has 0 saturated heterocycles. The molecule has 3 aromatic rings. The third-order valence-electron chi connectivity index (χ3n) is 6.68. The van der Waals surface area contributed by atoms with Gasteiger partial charge in [-0.05, 0) is 66.3 Å². The van der Waals surface area contributed by atoms with Gasteiger partial charge in [-0.25, -0.2) is 13.2 Å². The quantitative estimate of drug-likeness (QED) is 0.228. The Kier molecular flexibility index (Phi) is 9.46. The molecule has 194 valence electrons. The highest BCUT2D eigenvalue weighted by Gasteiger charge is 2.35. The highest BCUT2D eigenvalue weighted by atomic mass is 19.3. The van der Waals surface area contributed by atoms with E-state index in [0.29, 0.717) is 25.2 Å². The summed E-state index contributed by atoms with van der Waals surface area (Å²) in [6.07, 6.45) is 3.65. The van der Waals surface area contributed by atoms with E-state index in [9.17, 15) is 26.3 Å². The van der Waals surface area contributed by atoms with Gasteiger partial charge in [-0.1, -0.05) is 56.2 Å². The van der Waals surface area contributed by atoms with Crippen molar-refractivity contribution in [1.82, 2.24) is 0 Å². The van der Waals surface area contributed by atoms with Crippen LogP contribution in [0.4, 0.5) is 26.3 Å². The molecule has 0 aliphatic heterocycles. The van der Waals surface area contributed by atoms with Gasteiger partial charge in [-0.15, -0.1) is 0 Å². The molecular formula is C29H30F6O. The van der Waals surface area contributed by atoms with Gasteiger partial charge in [0.05, 0.1) is 12.7 Å². The molecule has 0 spiro atoms. The maximum Gasteiger partial charge on any atom is 0.426 e. The SMILES string of the molecule is CCCC1CCC(c2ccc(-c3ccc(C(F)(F)Oc4cc(F)c(F)c(F)c4)cc3)cc2)CC1.CF. The highest BCUT2D eigenvalue weighted by Crippen LogP contribution is 2.38. The second-order valence-electron chi connectivity index (χ2n) is 9.03. The lowest BCUT2D eigenvalue weighted by molar-refractivity contribution is -0.185. The number of hydrogen-bond donors (Lipinski definition) is 0. The van der Waals surface area contributed by atoms with Gasteiger partial charge in [-0.3, -0.25) is 4.39 Å². The van der Waals surface area contributed by atoms with Crippen molar-refractivity contribution in [2.45, 2.75) is 57.5 Å². The average Bonchev–Trinajstić information content (AvgIpc) is 2.89. The summed E-state index contributed by atoms with van der Waals surface area (Å²) >= 11 is 0. The first-order chi connectivity index (χ1) is 17.3. The Morgan fingerprint density at radius 1 is 0.778 bits per heavy atom. The third-order valence-corrected chi connectivity index (χ3v) is 6.68. The van der Waals surface area contributed by atoms with Gasteiger partial charge >= 0.3 is 6.11 Å². The van der Waals surface area contributed by atoms with Crippen LogP contribution < -0.4 is 4.74 Å². The van der Waals surface area contributed by atoms with Crippen LogP contribution in [0.15, 0.2) is 60.7 Å². The number of rotatable bonds is 7. The lowest BCUT2D eigenvalue weighted by atomic mass is 9.77. The van der Waals surface area contributed by atoms with E-state index < -0.39 is 34.9 Å². The van der Waals surface area contributed by atoms with Crippen LogP contribution in [0.1, 0.15) is 62.5 Å². The molecule has 4 rings (SSSR count). The second-order valence-corrected chi connectivity index (χ2v) is 9.03. The highest BCUT2D eigenvalue weighted by molar-refractivity contribution is 5.64. The van der Waals surface area contributed by atoms with Gasteiger partial charge in [0.1, 0.15) is 5.75 Å². The molecule has 1 aliphatic carbocycles. The Labute approximate surface area is 208 Å². The first-order valence-electron chi connectivity index (χ1n) is 12.1. The zero-order valence-electron chi connectivity index (χ0n) is 20.3. The van der Waals surface area contributed by atoms with Crippen LogP contribution in [0.2, 0.25) is 0 Å². The van der Waals surface area contributed by atoms with Gasteiger partial charge < -0.3 is 4.74 Å². The van der Waals surface area contributed by atoms with E-state index in [2.05, 4.69) is 23.8 Å². The van der Waals surface area contributed by atoms with E-state index in [1.54, 1.807) is 12.1 Å². The van der Waals surface area contributed by atoms with Crippen LogP contribution in [-0.4, -0.2) is 7.18 Å². The molecule has 0 amide bonds. The first-order valence-corrected chi connectivity index (χ1v) is 12.1. The molecule has 1 nitrogen and oxygen atoms in total. The molecule has 36 heavy (non-hydrogen) atoms. The summed E-state index contributed by atoms with van der Waals surface area (Å²) in [5.41, 5.74) is 2.49. The molecule has 0 radical (unpaired) electrons. The van der Waals surface area contributed by atoms with Crippen LogP contribution in [0.5, 0.6) is 5.75 Å². The maximum absolute atomic E-state index is 14.5. The van der Waals surface area contributed by atoms with Crippen molar-refractivity contribution < 1.29 is 31.1 Å². The molecular weight excluding hydrogens is 478 g/mol. The molecule has 3 aromatic carbocycles. The lowest BCUT2D eigenvalue weighted by Gasteiger charge is -2.28. The molecule has 1 aliphatic rings. The molecule has 0 unspecified atom stereocenters. The first kappa shape index (κ1) is 27.6. The van der Waals surface area contributed by atoms with Crippen LogP contribution in [0.3, 0.4) is 0 Å². The van der Waals surface area contributed by atoms with Crippen LogP contribution in [-0.2, 0) is 6.11 Å². The Morgan fingerprint density at radius 2 is 1.28 bits per heavy atom. The average molecular weight is 509 g/mol. The molecule has 0 heterocycles. The van der Waals surface area contributed by atoms with Crippen LogP contribution in [0.25, 0.3) is 11.1 Å². The van der Waals surface area contributed by atoms with Crippen molar-refractivity contribution in [2.24, 2.45) is 5.92 Å². The molecule has 0 N–H and O–H groups in total. The predicted octanol–water partition coefficient (Wildman–Crippen LogP) is 9.56. The fraction of sp³-hybridized carbons (Fsp3) is 0.379. The molecule has 1 saturated carbocycles. The number of ether oxygens (including phenoxy) is 1. The van der Waals surface area contributed by atoms with Crippen molar-refractivity contribution in [1.29, 1.82) is 0 Å². The monoisotopic (exact) mass is 508 g/mol. The summed E-state index contributed by atoms with van der Waals surface area (Å²) < 4.78 is 82.7. The van der Waals surface area contributed by atoms with Crippen molar-refractivity contribution in [2.75, 3.05) is 7.18 Å². The van der Waals surface area contributed by atoms with Crippen molar-refractivity contribution >= 4 is 0 Å². The second kappa shape index (κ2) is 12.3. The summed E-state index contributed by atoms with van der Waals surface area (Å²) in [7, 11) is 0.500. The standard InChI is InChI=1S/C28H27F5O.CH3F/c1-2-3-18-4-6-19(7-5-18)20-8-10-21(11-9-20)22-12-14-23(15-13-22)28(32,33)34-24-16-25(29)27(31)26(30)17-24;1-2/h8-19H,2-7H2,1H3;1H3. The van der Waals surface area contributed by atoms with E-state index in [1.165, 1.54) is 56.2 Å². The van der Waals surface area contributed by atoms with Gasteiger partial charge in [-0.2, -0.15) is 8.78 Å². The number of alkyl halides is 3. The normalized spacial score (nSPS) is 17.8. The molecule has 0 aromatic heterocycles. The Bertz CT molecular complexity index is 1080. The molecule has 1 fully saturated rings. The van der Waals surface area contributed by atoms with Crippen LogP contribution in [0, 0.1) is 23.4 Å². The minimum absolute atomic E-state index is 0.387. The van der Waals surface area contributed by atoms with Gasteiger partial charge in [0.25, 0.3) is 0 Å². The summed E-state index contributed by atoms with van der Waals surface area (Å²) in [5.74, 6) is -4.32. The van der Waals surface area contributed by atoms with Crippen molar-refractivity contribution in [3.8, 4) is 16.9 Å². The molecule has 0 bridgehead atoms. The van der Waals surface area contributed by atoms with E-state index in [-0.39, 0.29) is 0 Å². The fourth-order valence-electron chi connectivity index (χ4n) is 4.80. The summed E-state index contributed by atoms with van der Waals surface area (Å²) in [6, 6.07) is 14.5.